The van der Waals surface area contributed by atoms with E-state index in [-0.39, 0.29) is 6.09 Å². The highest BCUT2D eigenvalue weighted by Crippen LogP contribution is 2.16. The Morgan fingerprint density at radius 3 is 2.30 bits per heavy atom. The van der Waals surface area contributed by atoms with Crippen molar-refractivity contribution in [2.45, 2.75) is 33.3 Å². The Morgan fingerprint density at radius 2 is 1.83 bits per heavy atom. The van der Waals surface area contributed by atoms with Crippen LogP contribution in [-0.2, 0) is 4.74 Å². The number of aromatic nitrogens is 1. The molecule has 0 bridgehead atoms. The van der Waals surface area contributed by atoms with Crippen LogP contribution in [0.4, 0.5) is 10.6 Å². The number of ether oxygens (including phenoxy) is 1. The second kappa shape index (κ2) is 6.76. The maximum absolute atomic E-state index is 12.0. The van der Waals surface area contributed by atoms with Crippen LogP contribution in [-0.4, -0.2) is 64.9 Å². The molecule has 1 fully saturated rings. The van der Waals surface area contributed by atoms with Gasteiger partial charge in [0.05, 0.1) is 0 Å². The zero-order valence-electron chi connectivity index (χ0n) is 14.1. The van der Waals surface area contributed by atoms with Crippen LogP contribution in [0.5, 0.6) is 0 Å². The summed E-state index contributed by atoms with van der Waals surface area (Å²) in [7, 11) is -1.51. The van der Waals surface area contributed by atoms with E-state index in [1.807, 2.05) is 20.8 Å². The maximum atomic E-state index is 12.0. The number of carbonyl (C=O) groups excluding carboxylic acids is 1. The lowest BCUT2D eigenvalue weighted by Gasteiger charge is -2.36. The molecule has 0 unspecified atom stereocenters. The van der Waals surface area contributed by atoms with E-state index in [9.17, 15) is 14.8 Å². The first-order valence-corrected chi connectivity index (χ1v) is 7.74. The average molecular weight is 321 g/mol. The van der Waals surface area contributed by atoms with Crippen molar-refractivity contribution in [1.82, 2.24) is 9.88 Å². The summed E-state index contributed by atoms with van der Waals surface area (Å²) in [6.07, 6.45) is -0.292. The number of pyridine rings is 1. The summed E-state index contributed by atoms with van der Waals surface area (Å²) in [6, 6.07) is 3.44. The third-order valence-electron chi connectivity index (χ3n) is 3.65. The molecule has 2 N–H and O–H groups in total. The summed E-state index contributed by atoms with van der Waals surface area (Å²) in [4.78, 5) is 20.2. The minimum Gasteiger partial charge on any atom is -0.444 e. The van der Waals surface area contributed by atoms with Crippen LogP contribution in [0.3, 0.4) is 0 Å². The largest absolute Gasteiger partial charge is 0.490 e. The number of piperazine rings is 1. The van der Waals surface area contributed by atoms with Gasteiger partial charge in [0.2, 0.25) is 0 Å². The van der Waals surface area contributed by atoms with Crippen LogP contribution in [0.2, 0.25) is 0 Å². The molecule has 0 aliphatic carbocycles. The van der Waals surface area contributed by atoms with E-state index >= 15 is 0 Å². The van der Waals surface area contributed by atoms with E-state index in [1.54, 1.807) is 24.0 Å². The summed E-state index contributed by atoms with van der Waals surface area (Å²) in [5.41, 5.74) is 0.501. The second-order valence-corrected chi connectivity index (χ2v) is 6.67. The monoisotopic (exact) mass is 321 g/mol. The van der Waals surface area contributed by atoms with E-state index in [0.717, 1.165) is 5.82 Å². The van der Waals surface area contributed by atoms with Gasteiger partial charge in [0.1, 0.15) is 11.4 Å². The van der Waals surface area contributed by atoms with Gasteiger partial charge in [0.15, 0.2) is 0 Å². The molecule has 23 heavy (non-hydrogen) atoms. The number of hydrogen-bond donors (Lipinski definition) is 2. The molecular formula is C15H24BN3O4. The van der Waals surface area contributed by atoms with Gasteiger partial charge >= 0.3 is 13.2 Å². The molecule has 0 atom stereocenters. The minimum absolute atomic E-state index is 0.292. The van der Waals surface area contributed by atoms with Gasteiger partial charge in [-0.25, -0.2) is 9.78 Å². The normalized spacial score (nSPS) is 15.6. The van der Waals surface area contributed by atoms with Crippen LogP contribution in [0.15, 0.2) is 12.1 Å². The molecular weight excluding hydrogens is 297 g/mol. The van der Waals surface area contributed by atoms with Crippen molar-refractivity contribution in [3.8, 4) is 0 Å². The Bertz CT molecular complexity index is 566. The molecule has 0 spiro atoms. The lowest BCUT2D eigenvalue weighted by Crippen LogP contribution is -2.50. The fourth-order valence-electron chi connectivity index (χ4n) is 2.45. The lowest BCUT2D eigenvalue weighted by molar-refractivity contribution is 0.0240. The van der Waals surface area contributed by atoms with E-state index in [0.29, 0.717) is 37.3 Å². The van der Waals surface area contributed by atoms with Gasteiger partial charge in [0, 0.05) is 37.3 Å². The Kier molecular flexibility index (Phi) is 5.16. The molecule has 1 aromatic heterocycles. The second-order valence-electron chi connectivity index (χ2n) is 6.67. The number of anilines is 1. The summed E-state index contributed by atoms with van der Waals surface area (Å²) in [5, 5.41) is 18.5. The molecule has 1 saturated heterocycles. The molecule has 8 heteroatoms. The van der Waals surface area contributed by atoms with Crippen molar-refractivity contribution >= 4 is 24.5 Å². The Balaban J connectivity index is 1.97. The molecule has 1 aromatic rings. The number of hydrogen-bond acceptors (Lipinski definition) is 6. The van der Waals surface area contributed by atoms with Gasteiger partial charge in [0.25, 0.3) is 0 Å². The first-order valence-electron chi connectivity index (χ1n) is 7.74. The molecule has 1 aliphatic heterocycles. The third kappa shape index (κ3) is 4.59. The number of carbonyl (C=O) groups is 1. The highest BCUT2D eigenvalue weighted by atomic mass is 16.6. The van der Waals surface area contributed by atoms with Crippen molar-refractivity contribution in [1.29, 1.82) is 0 Å². The highest BCUT2D eigenvalue weighted by Gasteiger charge is 2.26. The van der Waals surface area contributed by atoms with Crippen LogP contribution in [0, 0.1) is 6.92 Å². The van der Waals surface area contributed by atoms with Gasteiger partial charge in [-0.3, -0.25) is 0 Å². The zero-order chi connectivity index (χ0) is 17.2. The van der Waals surface area contributed by atoms with Crippen LogP contribution in [0.25, 0.3) is 0 Å². The molecule has 1 aliphatic rings. The molecule has 1 amide bonds. The summed E-state index contributed by atoms with van der Waals surface area (Å²) in [6.45, 7) is 9.76. The number of amides is 1. The minimum atomic E-state index is -1.51. The van der Waals surface area contributed by atoms with Crippen LogP contribution < -0.4 is 10.4 Å². The van der Waals surface area contributed by atoms with Gasteiger partial charge in [-0.05, 0) is 33.8 Å². The quantitative estimate of drug-likeness (QED) is 0.753. The molecule has 0 aromatic carbocycles. The SMILES string of the molecule is Cc1nc(N2CCN(C(=O)OC(C)(C)C)CC2)ccc1B(O)O. The van der Waals surface area contributed by atoms with E-state index in [1.165, 1.54) is 0 Å². The molecule has 7 nitrogen and oxygen atoms in total. The topological polar surface area (TPSA) is 86.1 Å². The molecule has 126 valence electrons. The van der Waals surface area contributed by atoms with Crippen LogP contribution >= 0.6 is 0 Å². The summed E-state index contributed by atoms with van der Waals surface area (Å²) >= 11 is 0. The van der Waals surface area contributed by atoms with Gasteiger partial charge < -0.3 is 24.6 Å². The van der Waals surface area contributed by atoms with Crippen molar-refractivity contribution in [3.05, 3.63) is 17.8 Å². The van der Waals surface area contributed by atoms with E-state index in [4.69, 9.17) is 4.74 Å². The smallest absolute Gasteiger partial charge is 0.444 e. The highest BCUT2D eigenvalue weighted by molar-refractivity contribution is 6.59. The van der Waals surface area contributed by atoms with Crippen molar-refractivity contribution in [2.24, 2.45) is 0 Å². The Hall–Kier alpha value is -1.80. The average Bonchev–Trinajstić information content (AvgIpc) is 2.45. The zero-order valence-corrected chi connectivity index (χ0v) is 14.1. The Morgan fingerprint density at radius 1 is 1.22 bits per heavy atom. The molecule has 0 saturated carbocycles. The fourth-order valence-corrected chi connectivity index (χ4v) is 2.45. The molecule has 2 heterocycles. The Labute approximate surface area is 137 Å². The van der Waals surface area contributed by atoms with Gasteiger partial charge in [-0.15, -0.1) is 0 Å². The summed E-state index contributed by atoms with van der Waals surface area (Å²) < 4.78 is 5.38. The molecule has 2 rings (SSSR count). The van der Waals surface area contributed by atoms with Gasteiger partial charge in [-0.2, -0.15) is 0 Å². The van der Waals surface area contributed by atoms with E-state index < -0.39 is 12.7 Å². The number of nitrogens with zero attached hydrogens (tertiary/aromatic N) is 3. The summed E-state index contributed by atoms with van der Waals surface area (Å²) in [5.74, 6) is 0.774. The van der Waals surface area contributed by atoms with E-state index in [2.05, 4.69) is 9.88 Å². The van der Waals surface area contributed by atoms with Crippen molar-refractivity contribution < 1.29 is 19.6 Å². The van der Waals surface area contributed by atoms with Gasteiger partial charge in [-0.1, -0.05) is 6.07 Å². The predicted octanol–water partition coefficient (Wildman–Crippen LogP) is 0.127. The van der Waals surface area contributed by atoms with Crippen LogP contribution in [0.1, 0.15) is 26.5 Å². The third-order valence-corrected chi connectivity index (χ3v) is 3.65. The first-order chi connectivity index (χ1) is 10.7. The maximum Gasteiger partial charge on any atom is 0.490 e. The lowest BCUT2D eigenvalue weighted by atomic mass is 9.79. The first kappa shape index (κ1) is 17.6. The van der Waals surface area contributed by atoms with Crippen molar-refractivity contribution in [2.75, 3.05) is 31.1 Å². The van der Waals surface area contributed by atoms with Crippen molar-refractivity contribution in [3.63, 3.8) is 0 Å². The predicted molar refractivity (Wildman–Crippen MR) is 88.8 cm³/mol. The molecule has 0 radical (unpaired) electrons. The fraction of sp³-hybridized carbons (Fsp3) is 0.600. The number of aryl methyl sites for hydroxylation is 1. The number of rotatable bonds is 2. The standard InChI is InChI=1S/C15H24BN3O4/c1-11-12(16(21)22)5-6-13(17-11)18-7-9-19(10-8-18)14(20)23-15(2,3)4/h5-6,21-22H,7-10H2,1-4H3.